The quantitative estimate of drug-likeness (QED) is 0.458. The topological polar surface area (TPSA) is 103 Å². The summed E-state index contributed by atoms with van der Waals surface area (Å²) >= 11 is 0. The maximum absolute atomic E-state index is 13.3. The number of amides is 5. The van der Waals surface area contributed by atoms with Crippen LogP contribution in [0.4, 0.5) is 19.7 Å². The van der Waals surface area contributed by atoms with Crippen LogP contribution in [0.15, 0.2) is 24.3 Å². The number of halogens is 1. The highest BCUT2D eigenvalue weighted by molar-refractivity contribution is 5.89. The van der Waals surface area contributed by atoms with Crippen LogP contribution in [-0.2, 0) is 4.79 Å². The zero-order valence-corrected chi connectivity index (χ0v) is 20.9. The summed E-state index contributed by atoms with van der Waals surface area (Å²) < 4.78 is 13.3. The predicted molar refractivity (Wildman–Crippen MR) is 135 cm³/mol. The molecular weight excluding hydrogens is 461 g/mol. The number of hydrogen-bond acceptors (Lipinski definition) is 3. The molecule has 4 bridgehead atoms. The molecule has 4 N–H and O–H groups in total. The maximum Gasteiger partial charge on any atom is 0.319 e. The van der Waals surface area contributed by atoms with Crippen LogP contribution in [0, 0.1) is 29.5 Å². The number of urea groups is 2. The molecule has 196 valence electrons. The van der Waals surface area contributed by atoms with Gasteiger partial charge in [0.1, 0.15) is 5.82 Å². The van der Waals surface area contributed by atoms with Gasteiger partial charge in [0.25, 0.3) is 0 Å². The number of nitrogens with one attached hydrogen (secondary N) is 4. The maximum atomic E-state index is 13.3. The number of nitrogens with zero attached hydrogens (tertiary/aromatic N) is 1. The van der Waals surface area contributed by atoms with Gasteiger partial charge in [-0.15, -0.1) is 0 Å². The number of carbonyl (C=O) groups excluding carboxylic acids is 3. The van der Waals surface area contributed by atoms with Crippen molar-refractivity contribution in [1.29, 1.82) is 0 Å². The van der Waals surface area contributed by atoms with E-state index in [1.807, 2.05) is 4.90 Å². The van der Waals surface area contributed by atoms with Gasteiger partial charge in [0.15, 0.2) is 0 Å². The normalized spacial score (nSPS) is 30.5. The van der Waals surface area contributed by atoms with Crippen LogP contribution in [0.5, 0.6) is 0 Å². The minimum absolute atomic E-state index is 0.0269. The standard InChI is InChI=1S/C27H38FN5O3/c28-22-4-1-5-23(12-22)31-25(35)30-16-18-3-2-8-33(17-18)24(34)6-7-29-26(36)32-27-13-19-9-20(14-27)11-21(10-19)15-27/h1,4-5,12,18-21H,2-3,6-11,13-17H2,(H2,29,32,36)(H2,30,31,35). The predicted octanol–water partition coefficient (Wildman–Crippen LogP) is 3.84. The van der Waals surface area contributed by atoms with Gasteiger partial charge < -0.3 is 26.2 Å². The molecule has 1 atom stereocenters. The molecule has 36 heavy (non-hydrogen) atoms. The average molecular weight is 500 g/mol. The van der Waals surface area contributed by atoms with E-state index in [-0.39, 0.29) is 29.8 Å². The molecule has 5 amide bonds. The Morgan fingerprint density at radius 1 is 1.00 bits per heavy atom. The van der Waals surface area contributed by atoms with Crippen LogP contribution >= 0.6 is 0 Å². The molecular formula is C27H38FN5O3. The Bertz CT molecular complexity index is 951. The summed E-state index contributed by atoms with van der Waals surface area (Å²) in [4.78, 5) is 39.4. The molecule has 5 aliphatic rings. The zero-order valence-electron chi connectivity index (χ0n) is 20.9. The van der Waals surface area contributed by atoms with Gasteiger partial charge in [0.2, 0.25) is 5.91 Å². The fraction of sp³-hybridized carbons (Fsp3) is 0.667. The summed E-state index contributed by atoms with van der Waals surface area (Å²) in [6.07, 6.45) is 9.40. The Morgan fingerprint density at radius 3 is 2.42 bits per heavy atom. The highest BCUT2D eigenvalue weighted by Crippen LogP contribution is 2.55. The van der Waals surface area contributed by atoms with E-state index < -0.39 is 11.8 Å². The number of rotatable bonds is 7. The summed E-state index contributed by atoms with van der Waals surface area (Å²) in [5.74, 6) is 2.09. The van der Waals surface area contributed by atoms with E-state index in [0.717, 1.165) is 49.9 Å². The van der Waals surface area contributed by atoms with Crippen molar-refractivity contribution in [2.24, 2.45) is 23.7 Å². The van der Waals surface area contributed by atoms with Crippen molar-refractivity contribution in [2.75, 3.05) is 31.5 Å². The lowest BCUT2D eigenvalue weighted by atomic mass is 9.53. The van der Waals surface area contributed by atoms with E-state index >= 15 is 0 Å². The van der Waals surface area contributed by atoms with Crippen LogP contribution in [0.2, 0.25) is 0 Å². The molecule has 0 radical (unpaired) electrons. The fourth-order valence-corrected chi connectivity index (χ4v) is 7.43. The third-order valence-corrected chi connectivity index (χ3v) is 8.55. The summed E-state index contributed by atoms with van der Waals surface area (Å²) in [6.45, 7) is 2.05. The highest BCUT2D eigenvalue weighted by atomic mass is 19.1. The monoisotopic (exact) mass is 499 g/mol. The average Bonchev–Trinajstić information content (AvgIpc) is 2.82. The first-order valence-corrected chi connectivity index (χ1v) is 13.5. The summed E-state index contributed by atoms with van der Waals surface area (Å²) in [5.41, 5.74) is 0.365. The lowest BCUT2D eigenvalue weighted by Crippen LogP contribution is -2.61. The Balaban J connectivity index is 1.00. The van der Waals surface area contributed by atoms with Crippen molar-refractivity contribution < 1.29 is 18.8 Å². The van der Waals surface area contributed by atoms with Crippen LogP contribution in [0.3, 0.4) is 0 Å². The largest absolute Gasteiger partial charge is 0.342 e. The minimum atomic E-state index is -0.408. The zero-order chi connectivity index (χ0) is 25.1. The van der Waals surface area contributed by atoms with E-state index in [4.69, 9.17) is 0 Å². The number of hydrogen-bond donors (Lipinski definition) is 4. The molecule has 6 rings (SSSR count). The first-order valence-electron chi connectivity index (χ1n) is 13.5. The van der Waals surface area contributed by atoms with Gasteiger partial charge in [0, 0.05) is 43.8 Å². The second-order valence-electron chi connectivity index (χ2n) is 11.5. The van der Waals surface area contributed by atoms with Crippen LogP contribution in [0.1, 0.15) is 57.8 Å². The lowest BCUT2D eigenvalue weighted by Gasteiger charge is -2.56. The SMILES string of the molecule is O=C(NCC1CCCN(C(=O)CCNC(=O)NC23CC4CC(CC(C4)C2)C3)C1)Nc1cccc(F)c1. The van der Waals surface area contributed by atoms with Gasteiger partial charge in [-0.05, 0) is 93.2 Å². The molecule has 1 unspecified atom stereocenters. The first kappa shape index (κ1) is 24.8. The smallest absolute Gasteiger partial charge is 0.319 e. The van der Waals surface area contributed by atoms with E-state index in [2.05, 4.69) is 21.3 Å². The highest BCUT2D eigenvalue weighted by Gasteiger charge is 2.51. The van der Waals surface area contributed by atoms with E-state index in [9.17, 15) is 18.8 Å². The van der Waals surface area contributed by atoms with E-state index in [0.29, 0.717) is 31.9 Å². The molecule has 0 spiro atoms. The molecule has 1 heterocycles. The second kappa shape index (κ2) is 10.6. The van der Waals surface area contributed by atoms with E-state index in [1.165, 1.54) is 37.5 Å². The molecule has 1 aromatic rings. The van der Waals surface area contributed by atoms with Gasteiger partial charge in [-0.3, -0.25) is 4.79 Å². The van der Waals surface area contributed by atoms with Crippen molar-refractivity contribution >= 4 is 23.7 Å². The number of benzene rings is 1. The Hall–Kier alpha value is -2.84. The molecule has 0 aromatic heterocycles. The Morgan fingerprint density at radius 2 is 1.72 bits per heavy atom. The second-order valence-corrected chi connectivity index (χ2v) is 11.5. The third kappa shape index (κ3) is 6.10. The van der Waals surface area contributed by atoms with Gasteiger partial charge >= 0.3 is 12.1 Å². The van der Waals surface area contributed by atoms with Gasteiger partial charge in [0.05, 0.1) is 0 Å². The van der Waals surface area contributed by atoms with Crippen molar-refractivity contribution in [2.45, 2.75) is 63.3 Å². The molecule has 1 saturated heterocycles. The van der Waals surface area contributed by atoms with Crippen molar-refractivity contribution in [3.8, 4) is 0 Å². The van der Waals surface area contributed by atoms with Gasteiger partial charge in [-0.1, -0.05) is 6.07 Å². The molecule has 9 heteroatoms. The third-order valence-electron chi connectivity index (χ3n) is 8.55. The molecule has 8 nitrogen and oxygen atoms in total. The minimum Gasteiger partial charge on any atom is -0.342 e. The van der Waals surface area contributed by atoms with Crippen LogP contribution < -0.4 is 21.3 Å². The van der Waals surface area contributed by atoms with Crippen LogP contribution in [-0.4, -0.2) is 54.6 Å². The Kier molecular flexibility index (Phi) is 7.34. The summed E-state index contributed by atoms with van der Waals surface area (Å²) in [5, 5.41) is 11.7. The van der Waals surface area contributed by atoms with Crippen molar-refractivity contribution in [1.82, 2.24) is 20.9 Å². The lowest BCUT2D eigenvalue weighted by molar-refractivity contribution is -0.132. The fourth-order valence-electron chi connectivity index (χ4n) is 7.43. The first-order chi connectivity index (χ1) is 17.4. The van der Waals surface area contributed by atoms with Crippen molar-refractivity contribution in [3.05, 3.63) is 30.1 Å². The number of piperidine rings is 1. The molecule has 1 aliphatic heterocycles. The molecule has 4 aliphatic carbocycles. The van der Waals surface area contributed by atoms with Crippen molar-refractivity contribution in [3.63, 3.8) is 0 Å². The number of carbonyl (C=O) groups is 3. The van der Waals surface area contributed by atoms with Crippen LogP contribution in [0.25, 0.3) is 0 Å². The van der Waals surface area contributed by atoms with Gasteiger partial charge in [-0.25, -0.2) is 14.0 Å². The summed E-state index contributed by atoms with van der Waals surface area (Å²) in [7, 11) is 0. The van der Waals surface area contributed by atoms with Gasteiger partial charge in [-0.2, -0.15) is 0 Å². The van der Waals surface area contributed by atoms with E-state index in [1.54, 1.807) is 6.07 Å². The molecule has 4 saturated carbocycles. The molecule has 5 fully saturated rings. The number of anilines is 1. The summed E-state index contributed by atoms with van der Waals surface area (Å²) in [6, 6.07) is 5.21. The molecule has 1 aromatic carbocycles. The number of likely N-dealkylation sites (tertiary alicyclic amines) is 1. The Labute approximate surface area is 212 Å².